The minimum atomic E-state index is 0.0192. The first kappa shape index (κ1) is 11.4. The fourth-order valence-electron chi connectivity index (χ4n) is 1.55. The molecule has 0 fully saturated rings. The van der Waals surface area contributed by atoms with Crippen molar-refractivity contribution < 1.29 is 4.79 Å². The topological polar surface area (TPSA) is 46.9 Å². The molecule has 0 radical (unpaired) electrons. The van der Waals surface area contributed by atoms with Crippen LogP contribution in [0.4, 0.5) is 5.69 Å². The van der Waals surface area contributed by atoms with Gasteiger partial charge in [-0.2, -0.15) is 5.10 Å². The van der Waals surface area contributed by atoms with Gasteiger partial charge < -0.3 is 5.32 Å². The maximum Gasteiger partial charge on any atom is 0.224 e. The Labute approximate surface area is 100 Å². The molecule has 0 aliphatic carbocycles. The van der Waals surface area contributed by atoms with Crippen molar-refractivity contribution in [3.63, 3.8) is 0 Å². The molecule has 4 heteroatoms. The summed E-state index contributed by atoms with van der Waals surface area (Å²) < 4.78 is 1.76. The third kappa shape index (κ3) is 2.53. The van der Waals surface area contributed by atoms with Crippen molar-refractivity contribution in [2.45, 2.75) is 20.3 Å². The van der Waals surface area contributed by atoms with Gasteiger partial charge >= 0.3 is 0 Å². The van der Waals surface area contributed by atoms with Crippen LogP contribution in [0.15, 0.2) is 36.7 Å². The first-order chi connectivity index (χ1) is 8.20. The van der Waals surface area contributed by atoms with Crippen LogP contribution in [0, 0.1) is 6.92 Å². The number of benzene rings is 1. The van der Waals surface area contributed by atoms with E-state index in [-0.39, 0.29) is 5.91 Å². The van der Waals surface area contributed by atoms with Gasteiger partial charge in [-0.25, -0.2) is 4.68 Å². The van der Waals surface area contributed by atoms with E-state index in [1.807, 2.05) is 44.3 Å². The van der Waals surface area contributed by atoms with Crippen molar-refractivity contribution in [1.82, 2.24) is 9.78 Å². The lowest BCUT2D eigenvalue weighted by molar-refractivity contribution is -0.115. The zero-order chi connectivity index (χ0) is 12.3. The number of hydrogen-bond donors (Lipinski definition) is 1. The summed E-state index contributed by atoms with van der Waals surface area (Å²) in [7, 11) is 0. The fraction of sp³-hybridized carbons (Fsp3) is 0.231. The quantitative estimate of drug-likeness (QED) is 0.879. The molecule has 0 atom stereocenters. The molecule has 2 aromatic rings. The first-order valence-corrected chi connectivity index (χ1v) is 5.61. The average molecular weight is 229 g/mol. The third-order valence-corrected chi connectivity index (χ3v) is 2.59. The van der Waals surface area contributed by atoms with E-state index in [9.17, 15) is 4.79 Å². The van der Waals surface area contributed by atoms with E-state index in [1.165, 1.54) is 0 Å². The highest BCUT2D eigenvalue weighted by Crippen LogP contribution is 2.19. The van der Waals surface area contributed by atoms with Gasteiger partial charge in [-0.1, -0.05) is 13.0 Å². The second-order valence-corrected chi connectivity index (χ2v) is 3.85. The first-order valence-electron chi connectivity index (χ1n) is 5.61. The van der Waals surface area contributed by atoms with Crippen molar-refractivity contribution in [2.24, 2.45) is 0 Å². The molecule has 88 valence electrons. The smallest absolute Gasteiger partial charge is 0.224 e. The maximum absolute atomic E-state index is 11.4. The Hall–Kier alpha value is -2.10. The number of amides is 1. The number of carbonyl (C=O) groups excluding carboxylic acids is 1. The SMILES string of the molecule is CCC(=O)Nc1cc(-n2cccn2)ccc1C. The van der Waals surface area contributed by atoms with Crippen LogP contribution in [0.25, 0.3) is 5.69 Å². The van der Waals surface area contributed by atoms with Gasteiger partial charge in [-0.05, 0) is 30.7 Å². The van der Waals surface area contributed by atoms with E-state index in [0.717, 1.165) is 16.9 Å². The van der Waals surface area contributed by atoms with E-state index in [2.05, 4.69) is 10.4 Å². The number of aryl methyl sites for hydroxylation is 1. The number of rotatable bonds is 3. The van der Waals surface area contributed by atoms with Crippen LogP contribution in [0.1, 0.15) is 18.9 Å². The molecule has 0 aliphatic rings. The van der Waals surface area contributed by atoms with Crippen LogP contribution in [0.5, 0.6) is 0 Å². The van der Waals surface area contributed by atoms with Gasteiger partial charge in [0.15, 0.2) is 0 Å². The van der Waals surface area contributed by atoms with Gasteiger partial charge in [0.2, 0.25) is 5.91 Å². The summed E-state index contributed by atoms with van der Waals surface area (Å²) >= 11 is 0. The number of hydrogen-bond acceptors (Lipinski definition) is 2. The van der Waals surface area contributed by atoms with E-state index >= 15 is 0 Å². The van der Waals surface area contributed by atoms with Crippen LogP contribution in [0.2, 0.25) is 0 Å². The zero-order valence-corrected chi connectivity index (χ0v) is 9.97. The summed E-state index contributed by atoms with van der Waals surface area (Å²) in [5.41, 5.74) is 2.82. The lowest BCUT2D eigenvalue weighted by atomic mass is 10.1. The lowest BCUT2D eigenvalue weighted by Gasteiger charge is -2.10. The molecular weight excluding hydrogens is 214 g/mol. The van der Waals surface area contributed by atoms with Gasteiger partial charge in [0.05, 0.1) is 5.69 Å². The Kier molecular flexibility index (Phi) is 3.23. The Morgan fingerprint density at radius 3 is 2.94 bits per heavy atom. The van der Waals surface area contributed by atoms with E-state index in [0.29, 0.717) is 6.42 Å². The highest BCUT2D eigenvalue weighted by atomic mass is 16.1. The highest BCUT2D eigenvalue weighted by molar-refractivity contribution is 5.91. The second-order valence-electron chi connectivity index (χ2n) is 3.85. The molecule has 1 aromatic carbocycles. The van der Waals surface area contributed by atoms with Crippen molar-refractivity contribution in [1.29, 1.82) is 0 Å². The highest BCUT2D eigenvalue weighted by Gasteiger charge is 2.05. The molecule has 4 nitrogen and oxygen atoms in total. The average Bonchev–Trinajstić information content (AvgIpc) is 2.85. The summed E-state index contributed by atoms with van der Waals surface area (Å²) in [6.07, 6.45) is 4.08. The van der Waals surface area contributed by atoms with Crippen LogP contribution < -0.4 is 5.32 Å². The zero-order valence-electron chi connectivity index (χ0n) is 9.97. The predicted molar refractivity (Wildman–Crippen MR) is 67.2 cm³/mol. The van der Waals surface area contributed by atoms with Crippen LogP contribution in [0.3, 0.4) is 0 Å². The largest absolute Gasteiger partial charge is 0.326 e. The minimum absolute atomic E-state index is 0.0192. The molecule has 17 heavy (non-hydrogen) atoms. The van der Waals surface area contributed by atoms with Gasteiger partial charge in [-0.3, -0.25) is 4.79 Å². The molecule has 0 bridgehead atoms. The number of aromatic nitrogens is 2. The Morgan fingerprint density at radius 2 is 2.29 bits per heavy atom. The molecule has 2 rings (SSSR count). The summed E-state index contributed by atoms with van der Waals surface area (Å²) in [6, 6.07) is 7.74. The molecule has 1 heterocycles. The summed E-state index contributed by atoms with van der Waals surface area (Å²) in [5.74, 6) is 0.0192. The number of anilines is 1. The molecule has 0 saturated carbocycles. The third-order valence-electron chi connectivity index (χ3n) is 2.59. The maximum atomic E-state index is 11.4. The molecule has 0 unspecified atom stereocenters. The van der Waals surface area contributed by atoms with Crippen molar-refractivity contribution in [3.05, 3.63) is 42.2 Å². The Bertz CT molecular complexity index is 517. The molecule has 1 aromatic heterocycles. The molecule has 0 saturated heterocycles. The second kappa shape index (κ2) is 4.82. The van der Waals surface area contributed by atoms with Crippen LogP contribution in [-0.4, -0.2) is 15.7 Å². The van der Waals surface area contributed by atoms with Crippen molar-refractivity contribution in [2.75, 3.05) is 5.32 Å². The van der Waals surface area contributed by atoms with E-state index in [4.69, 9.17) is 0 Å². The Balaban J connectivity index is 2.33. The summed E-state index contributed by atoms with van der Waals surface area (Å²) in [4.78, 5) is 11.4. The molecule has 0 aliphatic heterocycles. The summed E-state index contributed by atoms with van der Waals surface area (Å²) in [5, 5.41) is 7.04. The molecule has 0 spiro atoms. The van der Waals surface area contributed by atoms with Gasteiger partial charge in [0, 0.05) is 24.5 Å². The number of nitrogens with zero attached hydrogens (tertiary/aromatic N) is 2. The van der Waals surface area contributed by atoms with E-state index < -0.39 is 0 Å². The number of carbonyl (C=O) groups is 1. The normalized spacial score (nSPS) is 10.2. The van der Waals surface area contributed by atoms with Crippen LogP contribution >= 0.6 is 0 Å². The lowest BCUT2D eigenvalue weighted by Crippen LogP contribution is -2.11. The molecule has 1 amide bonds. The minimum Gasteiger partial charge on any atom is -0.326 e. The standard InChI is InChI=1S/C13H15N3O/c1-3-13(17)15-12-9-11(6-5-10(12)2)16-8-4-7-14-16/h4-9H,3H2,1-2H3,(H,15,17). The van der Waals surface area contributed by atoms with Gasteiger partial charge in [0.25, 0.3) is 0 Å². The van der Waals surface area contributed by atoms with Gasteiger partial charge in [-0.15, -0.1) is 0 Å². The Morgan fingerprint density at radius 1 is 1.47 bits per heavy atom. The fourth-order valence-corrected chi connectivity index (χ4v) is 1.55. The van der Waals surface area contributed by atoms with Crippen molar-refractivity contribution >= 4 is 11.6 Å². The predicted octanol–water partition coefficient (Wildman–Crippen LogP) is 2.53. The van der Waals surface area contributed by atoms with Crippen molar-refractivity contribution in [3.8, 4) is 5.69 Å². The monoisotopic (exact) mass is 229 g/mol. The number of nitrogens with one attached hydrogen (secondary N) is 1. The van der Waals surface area contributed by atoms with Crippen LogP contribution in [-0.2, 0) is 4.79 Å². The van der Waals surface area contributed by atoms with Gasteiger partial charge in [0.1, 0.15) is 0 Å². The summed E-state index contributed by atoms with van der Waals surface area (Å²) in [6.45, 7) is 3.81. The van der Waals surface area contributed by atoms with E-state index in [1.54, 1.807) is 10.9 Å². The molecular formula is C13H15N3O. The molecule has 1 N–H and O–H groups in total.